The smallest absolute Gasteiger partial charge is 0.0406 e. The van der Waals surface area contributed by atoms with Crippen LogP contribution in [0.4, 0.5) is 0 Å². The number of rotatable bonds is 2. The van der Waals surface area contributed by atoms with Crippen molar-refractivity contribution in [2.24, 2.45) is 0 Å². The molecule has 17 heavy (non-hydrogen) atoms. The number of halogens is 2. The van der Waals surface area contributed by atoms with Gasteiger partial charge in [-0.3, -0.25) is 0 Å². The minimum Gasteiger partial charge on any atom is -0.344 e. The van der Waals surface area contributed by atoms with E-state index in [1.807, 2.05) is 24.3 Å². The van der Waals surface area contributed by atoms with Crippen molar-refractivity contribution in [2.45, 2.75) is 12.8 Å². The van der Waals surface area contributed by atoms with Crippen LogP contribution in [-0.4, -0.2) is 0 Å². The zero-order valence-electron chi connectivity index (χ0n) is 9.66. The van der Waals surface area contributed by atoms with Crippen molar-refractivity contribution in [3.8, 4) is 0 Å². The Kier molecular flexibility index (Phi) is 5.01. The molecule has 1 nitrogen and oxygen atoms in total. The normalized spacial score (nSPS) is 10.1. The van der Waals surface area contributed by atoms with Crippen LogP contribution in [-0.2, 0) is 0 Å². The van der Waals surface area contributed by atoms with E-state index in [1.54, 1.807) is 0 Å². The average Bonchev–Trinajstić information content (AvgIpc) is 2.30. The van der Waals surface area contributed by atoms with Gasteiger partial charge in [0.25, 0.3) is 0 Å². The SMILES string of the molecule is CC(c1ccc(Cl)cc1)c1ccc(Cl)cc1.N. The summed E-state index contributed by atoms with van der Waals surface area (Å²) < 4.78 is 0. The Morgan fingerprint density at radius 1 is 0.706 bits per heavy atom. The van der Waals surface area contributed by atoms with Crippen molar-refractivity contribution in [3.05, 3.63) is 69.7 Å². The maximum absolute atomic E-state index is 5.87. The summed E-state index contributed by atoms with van der Waals surface area (Å²) in [6, 6.07) is 15.9. The first kappa shape index (κ1) is 14.0. The van der Waals surface area contributed by atoms with Crippen LogP contribution in [0.2, 0.25) is 10.0 Å². The zero-order chi connectivity index (χ0) is 11.5. The highest BCUT2D eigenvalue weighted by molar-refractivity contribution is 6.30. The maximum atomic E-state index is 5.87. The van der Waals surface area contributed by atoms with E-state index in [2.05, 4.69) is 31.2 Å². The first-order valence-corrected chi connectivity index (χ1v) is 5.93. The van der Waals surface area contributed by atoms with Gasteiger partial charge in [-0.25, -0.2) is 0 Å². The van der Waals surface area contributed by atoms with Gasteiger partial charge in [-0.15, -0.1) is 0 Å². The van der Waals surface area contributed by atoms with Gasteiger partial charge in [0.15, 0.2) is 0 Å². The zero-order valence-corrected chi connectivity index (χ0v) is 11.2. The maximum Gasteiger partial charge on any atom is 0.0406 e. The van der Waals surface area contributed by atoms with Crippen LogP contribution in [0.3, 0.4) is 0 Å². The Morgan fingerprint density at radius 3 is 1.29 bits per heavy atom. The first-order chi connectivity index (χ1) is 7.66. The van der Waals surface area contributed by atoms with Crippen LogP contribution in [0.1, 0.15) is 24.0 Å². The van der Waals surface area contributed by atoms with Crippen LogP contribution in [0.25, 0.3) is 0 Å². The van der Waals surface area contributed by atoms with E-state index >= 15 is 0 Å². The molecule has 2 aromatic rings. The highest BCUT2D eigenvalue weighted by atomic mass is 35.5. The number of hydrogen-bond donors (Lipinski definition) is 1. The summed E-state index contributed by atoms with van der Waals surface area (Å²) in [4.78, 5) is 0. The van der Waals surface area contributed by atoms with Crippen molar-refractivity contribution in [1.29, 1.82) is 0 Å². The molecule has 3 heteroatoms. The lowest BCUT2D eigenvalue weighted by Crippen LogP contribution is -1.95. The summed E-state index contributed by atoms with van der Waals surface area (Å²) in [5, 5.41) is 1.54. The lowest BCUT2D eigenvalue weighted by molar-refractivity contribution is 0.922. The molecule has 0 saturated carbocycles. The molecule has 0 spiro atoms. The molecule has 2 aromatic carbocycles. The molecule has 0 unspecified atom stereocenters. The first-order valence-electron chi connectivity index (χ1n) is 5.18. The van der Waals surface area contributed by atoms with Gasteiger partial charge in [-0.1, -0.05) is 54.4 Å². The van der Waals surface area contributed by atoms with E-state index in [9.17, 15) is 0 Å². The second kappa shape index (κ2) is 6.06. The van der Waals surface area contributed by atoms with Gasteiger partial charge < -0.3 is 6.15 Å². The molecule has 0 bridgehead atoms. The Labute approximate surface area is 112 Å². The third kappa shape index (κ3) is 3.47. The van der Waals surface area contributed by atoms with Gasteiger partial charge in [-0.05, 0) is 35.4 Å². The Morgan fingerprint density at radius 2 is 1.00 bits per heavy atom. The predicted octanol–water partition coefficient (Wildman–Crippen LogP) is 5.31. The molecule has 0 aliphatic heterocycles. The molecular formula is C14H15Cl2N. The van der Waals surface area contributed by atoms with E-state index in [-0.39, 0.29) is 6.15 Å². The highest BCUT2D eigenvalue weighted by Crippen LogP contribution is 2.26. The molecule has 0 atom stereocenters. The molecule has 0 heterocycles. The second-order valence-corrected chi connectivity index (χ2v) is 4.70. The molecule has 0 fully saturated rings. The Hall–Kier alpha value is -1.02. The van der Waals surface area contributed by atoms with Crippen LogP contribution < -0.4 is 6.15 Å². The fourth-order valence-corrected chi connectivity index (χ4v) is 1.95. The summed E-state index contributed by atoms with van der Waals surface area (Å²) in [7, 11) is 0. The fraction of sp³-hybridized carbons (Fsp3) is 0.143. The molecule has 0 amide bonds. The summed E-state index contributed by atoms with van der Waals surface area (Å²) in [6.07, 6.45) is 0. The summed E-state index contributed by atoms with van der Waals surface area (Å²) in [5.74, 6) is 0.356. The van der Waals surface area contributed by atoms with Crippen LogP contribution in [0, 0.1) is 0 Å². The molecule has 0 aromatic heterocycles. The van der Waals surface area contributed by atoms with Crippen LogP contribution in [0.5, 0.6) is 0 Å². The van der Waals surface area contributed by atoms with Gasteiger partial charge in [0.05, 0.1) is 0 Å². The Balaban J connectivity index is 0.00000144. The number of hydrogen-bond acceptors (Lipinski definition) is 1. The van der Waals surface area contributed by atoms with Crippen molar-refractivity contribution in [3.63, 3.8) is 0 Å². The predicted molar refractivity (Wildman–Crippen MR) is 75.4 cm³/mol. The van der Waals surface area contributed by atoms with Gasteiger partial charge in [-0.2, -0.15) is 0 Å². The van der Waals surface area contributed by atoms with Crippen molar-refractivity contribution in [2.75, 3.05) is 0 Å². The largest absolute Gasteiger partial charge is 0.344 e. The third-order valence-electron chi connectivity index (χ3n) is 2.74. The molecule has 0 aliphatic rings. The topological polar surface area (TPSA) is 35.0 Å². The lowest BCUT2D eigenvalue weighted by atomic mass is 9.93. The third-order valence-corrected chi connectivity index (χ3v) is 3.24. The molecule has 0 saturated heterocycles. The van der Waals surface area contributed by atoms with Gasteiger partial charge in [0.2, 0.25) is 0 Å². The van der Waals surface area contributed by atoms with Gasteiger partial charge >= 0.3 is 0 Å². The van der Waals surface area contributed by atoms with Crippen molar-refractivity contribution >= 4 is 23.2 Å². The summed E-state index contributed by atoms with van der Waals surface area (Å²) in [5.41, 5.74) is 2.51. The van der Waals surface area contributed by atoms with Gasteiger partial charge in [0.1, 0.15) is 0 Å². The Bertz CT molecular complexity index is 417. The van der Waals surface area contributed by atoms with Crippen LogP contribution >= 0.6 is 23.2 Å². The minimum absolute atomic E-state index is 0. The van der Waals surface area contributed by atoms with Crippen LogP contribution in [0.15, 0.2) is 48.5 Å². The monoisotopic (exact) mass is 267 g/mol. The molecule has 0 aliphatic carbocycles. The van der Waals surface area contributed by atoms with Crippen molar-refractivity contribution in [1.82, 2.24) is 6.15 Å². The highest BCUT2D eigenvalue weighted by Gasteiger charge is 2.07. The standard InChI is InChI=1S/C14H12Cl2.H3N/c1-10(11-2-6-13(15)7-3-11)12-4-8-14(16)9-5-12;/h2-10H,1H3;1H3. The van der Waals surface area contributed by atoms with E-state index in [0.29, 0.717) is 5.92 Å². The van der Waals surface area contributed by atoms with Crippen molar-refractivity contribution < 1.29 is 0 Å². The minimum atomic E-state index is 0. The number of benzene rings is 2. The van der Waals surface area contributed by atoms with Gasteiger partial charge in [0, 0.05) is 16.0 Å². The molecule has 90 valence electrons. The lowest BCUT2D eigenvalue weighted by Gasteiger charge is -2.12. The quantitative estimate of drug-likeness (QED) is 0.787. The fourth-order valence-electron chi connectivity index (χ4n) is 1.70. The molecule has 3 N–H and O–H groups in total. The average molecular weight is 268 g/mol. The van der Waals surface area contributed by atoms with E-state index in [0.717, 1.165) is 10.0 Å². The van der Waals surface area contributed by atoms with E-state index < -0.39 is 0 Å². The van der Waals surface area contributed by atoms with E-state index in [1.165, 1.54) is 11.1 Å². The van der Waals surface area contributed by atoms with E-state index in [4.69, 9.17) is 23.2 Å². The molecule has 0 radical (unpaired) electrons. The summed E-state index contributed by atoms with van der Waals surface area (Å²) in [6.45, 7) is 2.17. The summed E-state index contributed by atoms with van der Waals surface area (Å²) >= 11 is 11.7. The second-order valence-electron chi connectivity index (χ2n) is 3.82. The molecular weight excluding hydrogens is 253 g/mol. The molecule has 2 rings (SSSR count).